The third-order valence-corrected chi connectivity index (χ3v) is 16.6. The van der Waals surface area contributed by atoms with Crippen LogP contribution in [0.5, 0.6) is 0 Å². The average Bonchev–Trinajstić information content (AvgIpc) is 3.84. The third-order valence-electron chi connectivity index (χ3n) is 16.6. The number of ether oxygens (including phenoxy) is 7. The summed E-state index contributed by atoms with van der Waals surface area (Å²) in [5.41, 5.74) is 0.320. The number of benzene rings is 1. The lowest BCUT2D eigenvalue weighted by Gasteiger charge is -2.49. The quantitative estimate of drug-likeness (QED) is 0.0364. The number of Topliss-reactive ketones (excluding diaryl/α,β-unsaturated/α-hetero) is 1. The number of cyclic esters (lactones) is 1. The highest BCUT2D eigenvalue weighted by Crippen LogP contribution is 2.41. The number of likely N-dealkylation sites (N-methyl/N-ethyl adjacent to an activating group) is 1. The Kier molecular flexibility index (Phi) is 23.8. The van der Waals surface area contributed by atoms with Gasteiger partial charge in [0.2, 0.25) is 5.91 Å². The fraction of sp³-hybridized carbons (Fsp3) is 0.804. The van der Waals surface area contributed by atoms with Gasteiger partial charge in [0.15, 0.2) is 12.6 Å². The number of carbonyl (C=O) groups excluding carboxylic acids is 3. The van der Waals surface area contributed by atoms with E-state index in [1.807, 2.05) is 31.8 Å². The molecular formula is C56H93N5O15. The molecule has 0 spiro atoms. The lowest BCUT2D eigenvalue weighted by molar-refractivity contribution is -0.317. The number of aliphatic hydroxyl groups is 4. The Morgan fingerprint density at radius 1 is 0.868 bits per heavy atom. The van der Waals surface area contributed by atoms with Gasteiger partial charge in [-0.3, -0.25) is 29.2 Å². The number of esters is 1. The molecule has 3 fully saturated rings. The third kappa shape index (κ3) is 16.5. The first kappa shape index (κ1) is 63.3. The summed E-state index contributed by atoms with van der Waals surface area (Å²) in [4.78, 5) is 41.7. The van der Waals surface area contributed by atoms with Gasteiger partial charge in [-0.2, -0.15) is 0 Å². The van der Waals surface area contributed by atoms with E-state index in [1.165, 1.54) is 21.1 Å². The summed E-state index contributed by atoms with van der Waals surface area (Å²) >= 11 is 0. The van der Waals surface area contributed by atoms with Gasteiger partial charge in [-0.05, 0) is 84.9 Å². The van der Waals surface area contributed by atoms with E-state index >= 15 is 0 Å². The molecule has 3 aliphatic heterocycles. The van der Waals surface area contributed by atoms with E-state index in [0.29, 0.717) is 25.8 Å². The predicted molar refractivity (Wildman–Crippen MR) is 280 cm³/mol. The van der Waals surface area contributed by atoms with Gasteiger partial charge in [-0.1, -0.05) is 89.3 Å². The molecule has 17 atom stereocenters. The van der Waals surface area contributed by atoms with E-state index in [0.717, 1.165) is 68.3 Å². The monoisotopic (exact) mass is 1080 g/mol. The number of carbonyl (C=O) groups is 3. The van der Waals surface area contributed by atoms with Crippen LogP contribution in [0.3, 0.4) is 0 Å². The second-order valence-electron chi connectivity index (χ2n) is 22.9. The van der Waals surface area contributed by atoms with Crippen LogP contribution in [0, 0.1) is 17.8 Å². The number of rotatable bonds is 22. The number of hydrogen-bond acceptors (Lipinski definition) is 18. The van der Waals surface area contributed by atoms with E-state index < -0.39 is 102 Å². The minimum Gasteiger partial charge on any atom is -0.459 e. The molecule has 3 saturated heterocycles. The predicted octanol–water partition coefficient (Wildman–Crippen LogP) is 5.57. The lowest BCUT2D eigenvalue weighted by Crippen LogP contribution is -2.61. The minimum absolute atomic E-state index is 0.0753. The fourth-order valence-corrected chi connectivity index (χ4v) is 11.6. The minimum atomic E-state index is -1.99. The van der Waals surface area contributed by atoms with Gasteiger partial charge in [0.1, 0.15) is 29.7 Å². The van der Waals surface area contributed by atoms with Crippen molar-refractivity contribution in [2.24, 2.45) is 17.8 Å². The van der Waals surface area contributed by atoms with Crippen LogP contribution in [0.4, 0.5) is 0 Å². The zero-order valence-electron chi connectivity index (χ0n) is 47.4. The maximum absolute atomic E-state index is 14.2. The van der Waals surface area contributed by atoms with Gasteiger partial charge < -0.3 is 53.6 Å². The SMILES string of the molecule is CCC1OC(=O)C[C@H](OC2C[C@@](C)(OC)[C@@H](O)[C@H](C)O2)[C@H](C)C(OC2O[C@H](C)C[C@H](N(C)Cc3ccc(Cc4cn(CCCCCCCCCC(=O)NO)nn4)cc3)[C@H]2O)[C@@](C)(OC)C[C@@H](C)C(=O)[C@H](C)[C@@H](O)[C@]1(C)O. The molecule has 4 unspecified atom stereocenters. The van der Waals surface area contributed by atoms with E-state index in [-0.39, 0.29) is 43.5 Å². The Hall–Kier alpha value is -3.51. The summed E-state index contributed by atoms with van der Waals surface area (Å²) in [6, 6.07) is 7.89. The number of ketones is 1. The number of aryl methyl sites for hydroxylation is 1. The first-order valence-electron chi connectivity index (χ1n) is 27.7. The summed E-state index contributed by atoms with van der Waals surface area (Å²) < 4.78 is 46.4. The normalized spacial score (nSPS) is 36.2. The smallest absolute Gasteiger partial charge is 0.308 e. The Bertz CT molecular complexity index is 2110. The van der Waals surface area contributed by atoms with Crippen LogP contribution in [0.15, 0.2) is 30.5 Å². The number of unbranched alkanes of at least 4 members (excludes halogenated alkanes) is 6. The topological polar surface area (TPSA) is 263 Å². The molecule has 5 rings (SSSR count). The van der Waals surface area contributed by atoms with Gasteiger partial charge >= 0.3 is 5.97 Å². The van der Waals surface area contributed by atoms with Crippen molar-refractivity contribution in [1.29, 1.82) is 0 Å². The lowest BCUT2D eigenvalue weighted by atomic mass is 9.74. The van der Waals surface area contributed by atoms with Crippen molar-refractivity contribution in [1.82, 2.24) is 25.4 Å². The maximum Gasteiger partial charge on any atom is 0.308 e. The number of hydroxylamine groups is 1. The first-order valence-corrected chi connectivity index (χ1v) is 27.7. The number of aromatic nitrogens is 3. The van der Waals surface area contributed by atoms with Gasteiger partial charge in [0, 0.05) is 76.6 Å². The van der Waals surface area contributed by atoms with Crippen LogP contribution in [-0.4, -0.2) is 169 Å². The van der Waals surface area contributed by atoms with Crippen LogP contribution in [0.25, 0.3) is 0 Å². The van der Waals surface area contributed by atoms with E-state index in [1.54, 1.807) is 47.0 Å². The molecule has 76 heavy (non-hydrogen) atoms. The Morgan fingerprint density at radius 3 is 2.13 bits per heavy atom. The van der Waals surface area contributed by atoms with Crippen LogP contribution >= 0.6 is 0 Å². The zero-order chi connectivity index (χ0) is 56.1. The molecule has 0 radical (unpaired) electrons. The molecule has 2 aromatic rings. The summed E-state index contributed by atoms with van der Waals surface area (Å²) in [5.74, 6) is -3.96. The summed E-state index contributed by atoms with van der Waals surface area (Å²) in [5, 5.41) is 64.1. The van der Waals surface area contributed by atoms with Crippen molar-refractivity contribution in [3.63, 3.8) is 0 Å². The Balaban J connectivity index is 1.32. The highest BCUT2D eigenvalue weighted by molar-refractivity contribution is 5.83. The van der Waals surface area contributed by atoms with Gasteiger partial charge in [-0.15, -0.1) is 5.10 Å². The summed E-state index contributed by atoms with van der Waals surface area (Å²) in [7, 11) is 4.96. The van der Waals surface area contributed by atoms with Crippen LogP contribution < -0.4 is 5.48 Å². The van der Waals surface area contributed by atoms with E-state index in [9.17, 15) is 34.8 Å². The highest BCUT2D eigenvalue weighted by atomic mass is 16.7. The van der Waals surface area contributed by atoms with Gasteiger partial charge in [0.05, 0.1) is 53.8 Å². The maximum atomic E-state index is 14.2. The average molecular weight is 1080 g/mol. The number of nitrogens with one attached hydrogen (secondary N) is 1. The van der Waals surface area contributed by atoms with Crippen LogP contribution in [-0.2, 0) is 67.1 Å². The molecule has 1 aromatic heterocycles. The van der Waals surface area contributed by atoms with Crippen LogP contribution in [0.2, 0.25) is 0 Å². The highest BCUT2D eigenvalue weighted by Gasteiger charge is 2.53. The van der Waals surface area contributed by atoms with Gasteiger partial charge in [0.25, 0.3) is 0 Å². The molecule has 1 amide bonds. The summed E-state index contributed by atoms with van der Waals surface area (Å²) in [6.07, 6.45) is 0.350. The van der Waals surface area contributed by atoms with Crippen LogP contribution in [0.1, 0.15) is 163 Å². The number of aliphatic hydroxyl groups excluding tert-OH is 3. The zero-order valence-corrected chi connectivity index (χ0v) is 47.4. The Labute approximate surface area is 450 Å². The molecule has 20 heteroatoms. The molecule has 20 nitrogen and oxygen atoms in total. The van der Waals surface area contributed by atoms with Crippen molar-refractivity contribution < 1.29 is 73.2 Å². The van der Waals surface area contributed by atoms with E-state index in [4.69, 9.17) is 38.4 Å². The molecule has 1 aromatic carbocycles. The molecule has 0 saturated carbocycles. The molecule has 432 valence electrons. The number of hydrogen-bond donors (Lipinski definition) is 6. The second kappa shape index (κ2) is 28.6. The van der Waals surface area contributed by atoms with Crippen molar-refractivity contribution in [2.45, 2.75) is 250 Å². The Morgan fingerprint density at radius 2 is 1.50 bits per heavy atom. The number of amides is 1. The summed E-state index contributed by atoms with van der Waals surface area (Å²) in [6.45, 7) is 16.7. The second-order valence-corrected chi connectivity index (χ2v) is 22.9. The number of nitrogens with zero attached hydrogens (tertiary/aromatic N) is 4. The number of methoxy groups -OCH3 is 2. The fourth-order valence-electron chi connectivity index (χ4n) is 11.6. The van der Waals surface area contributed by atoms with Gasteiger partial charge in [-0.25, -0.2) is 5.48 Å². The largest absolute Gasteiger partial charge is 0.459 e. The van der Waals surface area contributed by atoms with E-state index in [2.05, 4.69) is 39.5 Å². The van der Waals surface area contributed by atoms with Crippen molar-refractivity contribution in [2.75, 3.05) is 21.3 Å². The van der Waals surface area contributed by atoms with Crippen molar-refractivity contribution in [3.05, 3.63) is 47.3 Å². The standard InChI is InChI=1S/C56H93N5O15/c1-13-44-56(9,68)50(66)37(5)48(64)34(2)30-55(8,71-12)52(36(4)43(29-46(63)75-44)74-47-31-54(7,70-11)51(67)38(6)73-47)76-53-49(65)42(27-35(3)72-53)60(10)32-40-24-22-39(23-25-40)28-41-33-61(59-57-41)26-20-18-16-14-15-17-19-21-45(62)58-69/h22-25,33-38,42-44,47,49-53,65-69H,13-21,26-32H2,1-12H3,(H,58,62)/t34-,35-,36+,37+,38+,42+,43+,44?,47?,49-,50-,51+,52?,53?,54-,55+,56-/m1/s1. The molecule has 4 heterocycles. The molecule has 0 bridgehead atoms. The molecule has 3 aliphatic rings. The molecular weight excluding hydrogens is 983 g/mol. The molecule has 0 aliphatic carbocycles. The van der Waals surface area contributed by atoms with Crippen molar-refractivity contribution >= 4 is 17.7 Å². The molecule has 6 N–H and O–H groups in total. The van der Waals surface area contributed by atoms with Crippen molar-refractivity contribution in [3.8, 4) is 0 Å². The first-order chi connectivity index (χ1) is 35.9.